The molecule has 0 N–H and O–H groups in total. The van der Waals surface area contributed by atoms with E-state index in [1.54, 1.807) is 5.57 Å². The Bertz CT molecular complexity index is 420. The van der Waals surface area contributed by atoms with Gasteiger partial charge in [-0.15, -0.1) is 0 Å². The fourth-order valence-corrected chi connectivity index (χ4v) is 2.99. The van der Waals surface area contributed by atoms with Crippen LogP contribution in [0.2, 0.25) is 0 Å². The van der Waals surface area contributed by atoms with Crippen molar-refractivity contribution in [3.05, 3.63) is 11.6 Å². The third kappa shape index (κ3) is 1.94. The van der Waals surface area contributed by atoms with Gasteiger partial charge < -0.3 is 9.64 Å². The van der Waals surface area contributed by atoms with Crippen LogP contribution in [0.5, 0.6) is 0 Å². The summed E-state index contributed by atoms with van der Waals surface area (Å²) in [5.41, 5.74) is 2.07. The molecule has 1 saturated heterocycles. The highest BCUT2D eigenvalue weighted by Gasteiger charge is 2.55. The molecule has 1 spiro atoms. The van der Waals surface area contributed by atoms with Gasteiger partial charge in [-0.1, -0.05) is 18.6 Å². The largest absolute Gasteiger partial charge is 0.444 e. The third-order valence-corrected chi connectivity index (χ3v) is 4.46. The van der Waals surface area contributed by atoms with Crippen LogP contribution in [0, 0.1) is 10.8 Å². The van der Waals surface area contributed by atoms with Gasteiger partial charge in [0.2, 0.25) is 0 Å². The molecule has 18 heavy (non-hydrogen) atoms. The van der Waals surface area contributed by atoms with E-state index in [0.717, 1.165) is 13.1 Å². The molecule has 1 aliphatic heterocycles. The molecule has 0 aromatic rings. The fourth-order valence-electron chi connectivity index (χ4n) is 2.99. The predicted octanol–water partition coefficient (Wildman–Crippen LogP) is 3.35. The van der Waals surface area contributed by atoms with Crippen molar-refractivity contribution >= 4 is 6.09 Å². The van der Waals surface area contributed by atoms with E-state index in [4.69, 9.17) is 4.74 Å². The van der Waals surface area contributed by atoms with Crippen LogP contribution in [0.1, 0.15) is 47.0 Å². The number of ether oxygens (including phenoxy) is 1. The van der Waals surface area contributed by atoms with Gasteiger partial charge in [0.05, 0.1) is 0 Å². The first-order valence-corrected chi connectivity index (χ1v) is 6.92. The molecule has 1 amide bonds. The number of carbonyl (C=O) groups excluding carboxylic acids is 1. The van der Waals surface area contributed by atoms with Gasteiger partial charge in [-0.05, 0) is 45.4 Å². The fraction of sp³-hybridized carbons (Fsp3) is 0.800. The lowest BCUT2D eigenvalue weighted by atomic mass is 9.62. The highest BCUT2D eigenvalue weighted by Crippen LogP contribution is 2.61. The number of nitrogens with zero attached hydrogens (tertiary/aromatic N) is 1. The Labute approximate surface area is 109 Å². The summed E-state index contributed by atoms with van der Waals surface area (Å²) in [6.07, 6.45) is 6.17. The minimum Gasteiger partial charge on any atom is -0.444 e. The quantitative estimate of drug-likeness (QED) is 0.667. The number of hydrogen-bond acceptors (Lipinski definition) is 2. The first-order valence-electron chi connectivity index (χ1n) is 6.92. The molecule has 0 bridgehead atoms. The normalized spacial score (nSPS) is 27.1. The van der Waals surface area contributed by atoms with Crippen LogP contribution in [0.4, 0.5) is 4.79 Å². The van der Waals surface area contributed by atoms with Crippen LogP contribution in [-0.4, -0.2) is 29.7 Å². The van der Waals surface area contributed by atoms with E-state index in [9.17, 15) is 4.79 Å². The maximum atomic E-state index is 11.8. The Kier molecular flexibility index (Phi) is 2.22. The Morgan fingerprint density at radius 3 is 2.33 bits per heavy atom. The maximum absolute atomic E-state index is 11.8. The van der Waals surface area contributed by atoms with Crippen molar-refractivity contribution in [3.63, 3.8) is 0 Å². The lowest BCUT2D eigenvalue weighted by Gasteiger charge is -2.54. The summed E-state index contributed by atoms with van der Waals surface area (Å²) < 4.78 is 5.38. The van der Waals surface area contributed by atoms with Crippen molar-refractivity contribution in [3.8, 4) is 0 Å². The van der Waals surface area contributed by atoms with Crippen molar-refractivity contribution in [2.45, 2.75) is 52.6 Å². The Morgan fingerprint density at radius 2 is 1.89 bits per heavy atom. The number of allylic oxidation sites excluding steroid dienone is 1. The first kappa shape index (κ1) is 12.1. The molecule has 0 aromatic carbocycles. The SMILES string of the molecule is CC(C)(C)OC(=O)N1CC2(C=C(C3(C)CC3)C2)C1. The highest BCUT2D eigenvalue weighted by atomic mass is 16.6. The molecule has 1 saturated carbocycles. The van der Waals surface area contributed by atoms with Crippen LogP contribution in [0.3, 0.4) is 0 Å². The van der Waals surface area contributed by atoms with E-state index in [2.05, 4.69) is 13.0 Å². The van der Waals surface area contributed by atoms with E-state index in [1.165, 1.54) is 19.3 Å². The molecule has 100 valence electrons. The Morgan fingerprint density at radius 1 is 1.33 bits per heavy atom. The monoisotopic (exact) mass is 249 g/mol. The zero-order valence-corrected chi connectivity index (χ0v) is 11.9. The molecule has 1 heterocycles. The number of hydrogen-bond donors (Lipinski definition) is 0. The third-order valence-electron chi connectivity index (χ3n) is 4.46. The lowest BCUT2D eigenvalue weighted by Crippen LogP contribution is -2.61. The van der Waals surface area contributed by atoms with E-state index < -0.39 is 0 Å². The van der Waals surface area contributed by atoms with Gasteiger partial charge >= 0.3 is 6.09 Å². The van der Waals surface area contributed by atoms with Gasteiger partial charge in [-0.2, -0.15) is 0 Å². The highest BCUT2D eigenvalue weighted by molar-refractivity contribution is 5.70. The number of likely N-dealkylation sites (tertiary alicyclic amines) is 1. The number of carbonyl (C=O) groups is 1. The topological polar surface area (TPSA) is 29.5 Å². The second-order valence-corrected chi connectivity index (χ2v) is 7.61. The predicted molar refractivity (Wildman–Crippen MR) is 70.3 cm³/mol. The minimum absolute atomic E-state index is 0.160. The average Bonchev–Trinajstić information content (AvgIpc) is 2.75. The van der Waals surface area contributed by atoms with Gasteiger partial charge in [0.15, 0.2) is 0 Å². The van der Waals surface area contributed by atoms with Crippen LogP contribution in [0.25, 0.3) is 0 Å². The average molecular weight is 249 g/mol. The van der Waals surface area contributed by atoms with E-state index in [1.807, 2.05) is 25.7 Å². The molecule has 0 unspecified atom stereocenters. The van der Waals surface area contributed by atoms with Crippen molar-refractivity contribution < 1.29 is 9.53 Å². The van der Waals surface area contributed by atoms with Gasteiger partial charge in [0, 0.05) is 18.5 Å². The van der Waals surface area contributed by atoms with Crippen molar-refractivity contribution in [2.24, 2.45) is 10.8 Å². The Hall–Kier alpha value is -0.990. The Balaban J connectivity index is 1.53. The minimum atomic E-state index is -0.387. The standard InChI is InChI=1S/C15H23NO2/c1-13(2,3)18-12(17)16-9-15(10-16)7-11(8-15)14(4)5-6-14/h7H,5-6,8-10H2,1-4H3. The molecular weight excluding hydrogens is 226 g/mol. The molecule has 3 rings (SSSR count). The van der Waals surface area contributed by atoms with Crippen molar-refractivity contribution in [2.75, 3.05) is 13.1 Å². The van der Waals surface area contributed by atoms with Crippen LogP contribution < -0.4 is 0 Å². The summed E-state index contributed by atoms with van der Waals surface area (Å²) in [6, 6.07) is 0. The molecule has 3 aliphatic rings. The van der Waals surface area contributed by atoms with Crippen LogP contribution in [-0.2, 0) is 4.74 Å². The summed E-state index contributed by atoms with van der Waals surface area (Å²) in [7, 11) is 0. The summed E-state index contributed by atoms with van der Waals surface area (Å²) in [6.45, 7) is 9.79. The summed E-state index contributed by atoms with van der Waals surface area (Å²) >= 11 is 0. The maximum Gasteiger partial charge on any atom is 0.410 e. The molecule has 2 aliphatic carbocycles. The van der Waals surface area contributed by atoms with Crippen LogP contribution >= 0.6 is 0 Å². The molecule has 3 heteroatoms. The van der Waals surface area contributed by atoms with Crippen LogP contribution in [0.15, 0.2) is 11.6 Å². The smallest absolute Gasteiger partial charge is 0.410 e. The van der Waals surface area contributed by atoms with Gasteiger partial charge in [-0.25, -0.2) is 4.79 Å². The zero-order chi connectivity index (χ0) is 13.2. The summed E-state index contributed by atoms with van der Waals surface area (Å²) in [5, 5.41) is 0. The van der Waals surface area contributed by atoms with Gasteiger partial charge in [-0.3, -0.25) is 0 Å². The van der Waals surface area contributed by atoms with Crippen molar-refractivity contribution in [1.29, 1.82) is 0 Å². The second kappa shape index (κ2) is 3.31. The van der Waals surface area contributed by atoms with E-state index >= 15 is 0 Å². The first-order chi connectivity index (χ1) is 8.22. The molecule has 0 radical (unpaired) electrons. The van der Waals surface area contributed by atoms with E-state index in [0.29, 0.717) is 10.8 Å². The number of amides is 1. The lowest BCUT2D eigenvalue weighted by molar-refractivity contribution is -0.0253. The molecule has 3 nitrogen and oxygen atoms in total. The molecule has 0 aromatic heterocycles. The summed E-state index contributed by atoms with van der Waals surface area (Å²) in [5.74, 6) is 0. The summed E-state index contributed by atoms with van der Waals surface area (Å²) in [4.78, 5) is 13.7. The second-order valence-electron chi connectivity index (χ2n) is 7.61. The molecular formula is C15H23NO2. The molecule has 2 fully saturated rings. The number of rotatable bonds is 1. The molecule has 0 atom stereocenters. The van der Waals surface area contributed by atoms with Gasteiger partial charge in [0.1, 0.15) is 5.60 Å². The zero-order valence-electron chi connectivity index (χ0n) is 11.9. The van der Waals surface area contributed by atoms with Gasteiger partial charge in [0.25, 0.3) is 0 Å². The van der Waals surface area contributed by atoms with Crippen molar-refractivity contribution in [1.82, 2.24) is 4.90 Å². The van der Waals surface area contributed by atoms with E-state index in [-0.39, 0.29) is 11.7 Å².